The number of carbonyl (C=O) groups excluding carboxylic acids is 1. The smallest absolute Gasteiger partial charge is 0.429 e. The lowest BCUT2D eigenvalue weighted by molar-refractivity contribution is -0.198. The van der Waals surface area contributed by atoms with Gasteiger partial charge < -0.3 is 25.4 Å². The van der Waals surface area contributed by atoms with Gasteiger partial charge in [0.05, 0.1) is 12.2 Å². The van der Waals surface area contributed by atoms with Crippen LogP contribution in [0.15, 0.2) is 42.5 Å². The van der Waals surface area contributed by atoms with E-state index >= 15 is 0 Å². The minimum absolute atomic E-state index is 0.0972. The van der Waals surface area contributed by atoms with E-state index in [1.54, 1.807) is 6.92 Å². The summed E-state index contributed by atoms with van der Waals surface area (Å²) < 4.78 is 109. The average Bonchev–Trinajstić information content (AvgIpc) is 3.38. The second-order valence-corrected chi connectivity index (χ2v) is 11.7. The first-order valence-corrected chi connectivity index (χ1v) is 14.7. The molecule has 2 saturated heterocycles. The summed E-state index contributed by atoms with van der Waals surface area (Å²) in [6, 6.07) is 5.29. The highest BCUT2D eigenvalue weighted by Gasteiger charge is 2.46. The van der Waals surface area contributed by atoms with Gasteiger partial charge >= 0.3 is 18.3 Å². The zero-order chi connectivity index (χ0) is 33.4. The fourth-order valence-electron chi connectivity index (χ4n) is 5.91. The van der Waals surface area contributed by atoms with Crippen LogP contribution in [0.1, 0.15) is 43.4 Å². The lowest BCUT2D eigenvalue weighted by atomic mass is 9.76. The van der Waals surface area contributed by atoms with E-state index in [0.717, 1.165) is 18.2 Å². The summed E-state index contributed by atoms with van der Waals surface area (Å²) in [5.41, 5.74) is 2.77. The van der Waals surface area contributed by atoms with Crippen molar-refractivity contribution >= 4 is 29.3 Å². The Morgan fingerprint density at radius 2 is 1.83 bits per heavy atom. The average molecular weight is 676 g/mol. The molecule has 5 rings (SSSR count). The highest BCUT2D eigenvalue weighted by Crippen LogP contribution is 2.44. The largest absolute Gasteiger partial charge is 0.465 e. The van der Waals surface area contributed by atoms with Crippen molar-refractivity contribution in [3.63, 3.8) is 0 Å². The molecule has 46 heavy (non-hydrogen) atoms. The summed E-state index contributed by atoms with van der Waals surface area (Å²) in [5.74, 6) is -2.31. The number of aromatic nitrogens is 2. The van der Waals surface area contributed by atoms with Gasteiger partial charge in [-0.15, -0.1) is 0 Å². The van der Waals surface area contributed by atoms with Crippen LogP contribution < -0.4 is 20.7 Å². The van der Waals surface area contributed by atoms with Crippen LogP contribution in [-0.2, 0) is 15.7 Å². The molecule has 0 radical (unpaired) electrons. The van der Waals surface area contributed by atoms with Gasteiger partial charge in [-0.1, -0.05) is 17.7 Å². The van der Waals surface area contributed by atoms with E-state index in [2.05, 4.69) is 15.3 Å². The van der Waals surface area contributed by atoms with Crippen LogP contribution in [0.2, 0.25) is 5.02 Å². The number of ether oxygens (including phenoxy) is 2. The van der Waals surface area contributed by atoms with Crippen LogP contribution in [0.25, 0.3) is 11.1 Å². The third-order valence-electron chi connectivity index (χ3n) is 8.16. The highest BCUT2D eigenvalue weighted by molar-refractivity contribution is 6.30. The summed E-state index contributed by atoms with van der Waals surface area (Å²) in [4.78, 5) is 22.0. The maximum absolute atomic E-state index is 14.6. The number of hydrogen-bond donors (Lipinski definition) is 2. The molecule has 16 heteroatoms. The molecule has 1 aromatic heterocycles. The molecule has 2 aliphatic rings. The number of nitrogens with zero attached hydrogens (tertiary/aromatic N) is 3. The summed E-state index contributed by atoms with van der Waals surface area (Å²) >= 11 is 6.02. The molecule has 2 aromatic carbocycles. The summed E-state index contributed by atoms with van der Waals surface area (Å²) in [5, 5.41) is 3.11. The molecule has 8 nitrogen and oxygen atoms in total. The molecular weight excluding hydrogens is 647 g/mol. The Balaban J connectivity index is 1.42. The van der Waals surface area contributed by atoms with Gasteiger partial charge in [-0.3, -0.25) is 4.79 Å². The van der Waals surface area contributed by atoms with E-state index < -0.39 is 58.4 Å². The summed E-state index contributed by atoms with van der Waals surface area (Å²) in [6.45, 7) is 3.53. The molecule has 0 amide bonds. The molecule has 248 valence electrons. The number of nitrogens with two attached hydrogens (primary N) is 1. The highest BCUT2D eigenvalue weighted by atomic mass is 35.5. The number of alkyl halides is 6. The normalized spacial score (nSPS) is 18.9. The van der Waals surface area contributed by atoms with Gasteiger partial charge in [0, 0.05) is 36.3 Å². The van der Waals surface area contributed by atoms with Crippen molar-refractivity contribution in [2.24, 2.45) is 5.41 Å². The van der Waals surface area contributed by atoms with Crippen molar-refractivity contribution in [1.29, 1.82) is 0 Å². The molecule has 2 aliphatic heterocycles. The molecule has 3 N–H and O–H groups in total. The number of nitrogens with one attached hydrogen (secondary N) is 1. The topological polar surface area (TPSA) is 103 Å². The number of halogens is 8. The van der Waals surface area contributed by atoms with Crippen molar-refractivity contribution in [3.05, 3.63) is 64.4 Å². The van der Waals surface area contributed by atoms with Gasteiger partial charge in [-0.25, -0.2) is 4.39 Å². The molecule has 0 unspecified atom stereocenters. The number of rotatable bonds is 7. The van der Waals surface area contributed by atoms with Crippen LogP contribution in [0, 0.1) is 11.2 Å². The van der Waals surface area contributed by atoms with E-state index in [0.29, 0.717) is 51.0 Å². The lowest BCUT2D eigenvalue weighted by Crippen LogP contribution is -2.41. The summed E-state index contributed by atoms with van der Waals surface area (Å²) in [7, 11) is 0. The van der Waals surface area contributed by atoms with Gasteiger partial charge in [0.1, 0.15) is 17.7 Å². The minimum atomic E-state index is -5.11. The fourth-order valence-corrected chi connectivity index (χ4v) is 6.09. The van der Waals surface area contributed by atoms with Crippen molar-refractivity contribution in [3.8, 4) is 17.0 Å². The summed E-state index contributed by atoms with van der Waals surface area (Å²) in [6.07, 6.45) is -10.9. The Labute approximate surface area is 264 Å². The molecule has 0 bridgehead atoms. The van der Waals surface area contributed by atoms with Crippen LogP contribution in [-0.4, -0.2) is 54.4 Å². The van der Waals surface area contributed by atoms with E-state index in [1.165, 1.54) is 6.07 Å². The van der Waals surface area contributed by atoms with Crippen LogP contribution >= 0.6 is 11.6 Å². The molecule has 1 spiro atoms. The van der Waals surface area contributed by atoms with Gasteiger partial charge in [0.2, 0.25) is 17.9 Å². The van der Waals surface area contributed by atoms with Gasteiger partial charge in [0.25, 0.3) is 0 Å². The molecule has 3 aromatic rings. The number of piperidine rings is 1. The Hall–Kier alpha value is -3.85. The fraction of sp³-hybridized carbons (Fsp3) is 0.433. The molecule has 2 atom stereocenters. The molecule has 0 aliphatic carbocycles. The molecule has 3 heterocycles. The predicted octanol–water partition coefficient (Wildman–Crippen LogP) is 6.73. The van der Waals surface area contributed by atoms with Gasteiger partial charge in [-0.05, 0) is 73.1 Å². The second-order valence-electron chi connectivity index (χ2n) is 11.3. The number of carbonyl (C=O) groups is 1. The Morgan fingerprint density at radius 1 is 1.11 bits per heavy atom. The first-order chi connectivity index (χ1) is 21.6. The Bertz CT molecular complexity index is 1600. The van der Waals surface area contributed by atoms with Crippen molar-refractivity contribution < 1.29 is 45.0 Å². The van der Waals surface area contributed by atoms with E-state index in [-0.39, 0.29) is 40.8 Å². The van der Waals surface area contributed by atoms with Gasteiger partial charge in [0.15, 0.2) is 0 Å². The lowest BCUT2D eigenvalue weighted by Gasteiger charge is -2.39. The molecular formula is C30H29ClF7N5O3. The molecule has 2 fully saturated rings. The first kappa shape index (κ1) is 33.5. The maximum atomic E-state index is 14.6. The Kier molecular flexibility index (Phi) is 9.28. The third kappa shape index (κ3) is 7.41. The number of benzene rings is 2. The Morgan fingerprint density at radius 3 is 2.48 bits per heavy atom. The number of anilines is 2. The van der Waals surface area contributed by atoms with Crippen molar-refractivity contribution in [2.75, 3.05) is 36.9 Å². The predicted molar refractivity (Wildman–Crippen MR) is 155 cm³/mol. The second kappa shape index (κ2) is 12.7. The van der Waals surface area contributed by atoms with E-state index in [1.807, 2.05) is 4.90 Å². The monoisotopic (exact) mass is 675 g/mol. The van der Waals surface area contributed by atoms with Crippen LogP contribution in [0.3, 0.4) is 0 Å². The van der Waals surface area contributed by atoms with Crippen molar-refractivity contribution in [1.82, 2.24) is 15.3 Å². The van der Waals surface area contributed by atoms with Crippen LogP contribution in [0.5, 0.6) is 5.88 Å². The number of esters is 1. The van der Waals surface area contributed by atoms with E-state index in [4.69, 9.17) is 26.8 Å². The zero-order valence-corrected chi connectivity index (χ0v) is 25.1. The maximum Gasteiger partial charge on any atom is 0.429 e. The number of nitrogen functional groups attached to an aromatic ring is 1. The van der Waals surface area contributed by atoms with Crippen molar-refractivity contribution in [2.45, 2.75) is 50.7 Å². The molecule has 0 saturated carbocycles. The number of hydrogen-bond acceptors (Lipinski definition) is 8. The minimum Gasteiger partial charge on any atom is -0.465 e. The SMILES string of the molecule is CCOC(=O)[C@@H]1CC2(CCN(c3cc(O[C@H](c4ccc(Cl)cc4-c4cc(F)cc(C(F)(F)F)c4)C(F)(F)F)nc(N)n3)CC2)CN1. The standard InChI is InChI=1S/C30H29ClF7N5O3/c1-2-45-26(44)22-14-28(15-40-22)5-7-43(8-6-28)23-13-24(42-27(39)41-23)46-25(30(36,37)38)20-4-3-18(31)12-21(20)16-9-17(29(33,34)35)11-19(32)10-16/h3-4,9-13,22,25,40H,2,5-8,14-15H2,1H3,(H2,39,41,42)/t22-,25+/m0/s1. The third-order valence-corrected chi connectivity index (χ3v) is 8.39. The van der Waals surface area contributed by atoms with Crippen LogP contribution in [0.4, 0.5) is 42.5 Å². The zero-order valence-electron chi connectivity index (χ0n) is 24.3. The van der Waals surface area contributed by atoms with Gasteiger partial charge in [-0.2, -0.15) is 36.3 Å². The first-order valence-electron chi connectivity index (χ1n) is 14.3. The van der Waals surface area contributed by atoms with E-state index in [9.17, 15) is 35.5 Å². The quantitative estimate of drug-likeness (QED) is 0.210.